The van der Waals surface area contributed by atoms with Crippen LogP contribution in [0.2, 0.25) is 0 Å². The molecule has 0 amide bonds. The molecule has 0 heterocycles. The van der Waals surface area contributed by atoms with E-state index < -0.39 is 0 Å². The van der Waals surface area contributed by atoms with E-state index in [1.165, 1.54) is 12.1 Å². The Balaban J connectivity index is 3.03. The monoisotopic (exact) mass is 180 g/mol. The highest BCUT2D eigenvalue weighted by molar-refractivity contribution is 7.20. The Labute approximate surface area is 73.1 Å². The van der Waals surface area contributed by atoms with Crippen LogP contribution >= 0.6 is 9.24 Å². The van der Waals surface area contributed by atoms with Gasteiger partial charge in [-0.05, 0) is 18.2 Å². The SMILES string of the molecule is O=C(/C=C/P)c1ccccc1O. The summed E-state index contributed by atoms with van der Waals surface area (Å²) in [5.74, 6) is 1.39. The number of hydrogen-bond donors (Lipinski definition) is 1. The van der Waals surface area contributed by atoms with E-state index in [1.807, 2.05) is 0 Å². The normalized spacial score (nSPS) is 10.4. The summed E-state index contributed by atoms with van der Waals surface area (Å²) in [6.45, 7) is 0. The van der Waals surface area contributed by atoms with Crippen molar-refractivity contribution >= 4 is 15.0 Å². The number of benzene rings is 1. The maximum Gasteiger partial charge on any atom is 0.189 e. The van der Waals surface area contributed by atoms with Crippen LogP contribution < -0.4 is 0 Å². The minimum Gasteiger partial charge on any atom is -0.507 e. The Kier molecular flexibility index (Phi) is 3.01. The van der Waals surface area contributed by atoms with Crippen molar-refractivity contribution in [3.8, 4) is 5.75 Å². The highest BCUT2D eigenvalue weighted by Gasteiger charge is 2.05. The van der Waals surface area contributed by atoms with Gasteiger partial charge in [0, 0.05) is 0 Å². The smallest absolute Gasteiger partial charge is 0.189 e. The van der Waals surface area contributed by atoms with E-state index in [0.717, 1.165) is 0 Å². The molecule has 1 aromatic rings. The van der Waals surface area contributed by atoms with Crippen molar-refractivity contribution < 1.29 is 9.90 Å². The van der Waals surface area contributed by atoms with E-state index in [1.54, 1.807) is 24.0 Å². The number of ketones is 1. The summed E-state index contributed by atoms with van der Waals surface area (Å²) in [4.78, 5) is 11.2. The molecule has 0 aliphatic heterocycles. The number of rotatable bonds is 2. The lowest BCUT2D eigenvalue weighted by Gasteiger charge is -1.97. The van der Waals surface area contributed by atoms with Crippen LogP contribution in [0.4, 0.5) is 0 Å². The number of phenolic OH excluding ortho intramolecular Hbond substituents is 1. The molecule has 0 saturated heterocycles. The Hall–Kier alpha value is -1.14. The molecule has 0 radical (unpaired) electrons. The van der Waals surface area contributed by atoms with Crippen LogP contribution in [-0.4, -0.2) is 10.9 Å². The number of carbonyl (C=O) groups excluding carboxylic acids is 1. The second kappa shape index (κ2) is 4.03. The van der Waals surface area contributed by atoms with Gasteiger partial charge >= 0.3 is 0 Å². The van der Waals surface area contributed by atoms with Gasteiger partial charge in [0.15, 0.2) is 5.78 Å². The predicted molar refractivity (Wildman–Crippen MR) is 51.3 cm³/mol. The van der Waals surface area contributed by atoms with E-state index in [0.29, 0.717) is 5.56 Å². The molecule has 62 valence electrons. The largest absolute Gasteiger partial charge is 0.507 e. The Morgan fingerprint density at radius 3 is 2.67 bits per heavy atom. The Morgan fingerprint density at radius 1 is 1.42 bits per heavy atom. The molecule has 0 aliphatic carbocycles. The number of aromatic hydroxyl groups is 1. The van der Waals surface area contributed by atoms with Crippen molar-refractivity contribution in [2.45, 2.75) is 0 Å². The third-order valence-electron chi connectivity index (χ3n) is 1.42. The molecule has 1 rings (SSSR count). The van der Waals surface area contributed by atoms with Crippen LogP contribution in [0.1, 0.15) is 10.4 Å². The first-order chi connectivity index (χ1) is 5.75. The maximum absolute atomic E-state index is 11.2. The molecule has 0 saturated carbocycles. The fourth-order valence-electron chi connectivity index (χ4n) is 0.859. The van der Waals surface area contributed by atoms with E-state index in [9.17, 15) is 9.90 Å². The summed E-state index contributed by atoms with van der Waals surface area (Å²) in [5.41, 5.74) is 0.330. The maximum atomic E-state index is 11.2. The molecule has 1 aromatic carbocycles. The van der Waals surface area contributed by atoms with E-state index in [4.69, 9.17) is 0 Å². The van der Waals surface area contributed by atoms with Crippen LogP contribution in [-0.2, 0) is 0 Å². The molecule has 0 spiro atoms. The fourth-order valence-corrected chi connectivity index (χ4v) is 1.03. The number of allylic oxidation sites excluding steroid dienone is 1. The fraction of sp³-hybridized carbons (Fsp3) is 0. The topological polar surface area (TPSA) is 37.3 Å². The molecule has 2 nitrogen and oxygen atoms in total. The summed E-state index contributed by atoms with van der Waals surface area (Å²) in [7, 11) is 2.31. The third kappa shape index (κ3) is 1.93. The van der Waals surface area contributed by atoms with Crippen molar-refractivity contribution in [3.63, 3.8) is 0 Å². The number of hydrogen-bond acceptors (Lipinski definition) is 2. The number of para-hydroxylation sites is 1. The first kappa shape index (κ1) is 8.95. The van der Waals surface area contributed by atoms with Gasteiger partial charge < -0.3 is 5.11 Å². The van der Waals surface area contributed by atoms with Crippen molar-refractivity contribution in [1.82, 2.24) is 0 Å². The molecule has 1 atom stereocenters. The minimum atomic E-state index is -0.192. The summed E-state index contributed by atoms with van der Waals surface area (Å²) in [5, 5.41) is 9.25. The highest BCUT2D eigenvalue weighted by Crippen LogP contribution is 2.16. The van der Waals surface area contributed by atoms with Gasteiger partial charge in [-0.1, -0.05) is 17.9 Å². The molecule has 3 heteroatoms. The summed E-state index contributed by atoms with van der Waals surface area (Å²) in [6, 6.07) is 6.46. The average molecular weight is 180 g/mol. The van der Waals surface area contributed by atoms with Crippen molar-refractivity contribution in [2.75, 3.05) is 0 Å². The van der Waals surface area contributed by atoms with E-state index >= 15 is 0 Å². The third-order valence-corrected chi connectivity index (χ3v) is 1.61. The highest BCUT2D eigenvalue weighted by atomic mass is 31.0. The first-order valence-electron chi connectivity index (χ1n) is 3.46. The van der Waals surface area contributed by atoms with Crippen molar-refractivity contribution in [1.29, 1.82) is 0 Å². The quantitative estimate of drug-likeness (QED) is 0.429. The zero-order valence-electron chi connectivity index (χ0n) is 6.40. The van der Waals surface area contributed by atoms with E-state index in [-0.39, 0.29) is 11.5 Å². The molecule has 0 aromatic heterocycles. The molecule has 0 aliphatic rings. The van der Waals surface area contributed by atoms with Crippen LogP contribution in [0.5, 0.6) is 5.75 Å². The lowest BCUT2D eigenvalue weighted by Crippen LogP contribution is -1.93. The van der Waals surface area contributed by atoms with Gasteiger partial charge in [0.25, 0.3) is 0 Å². The van der Waals surface area contributed by atoms with Gasteiger partial charge in [-0.3, -0.25) is 4.79 Å². The van der Waals surface area contributed by atoms with Gasteiger partial charge in [-0.25, -0.2) is 0 Å². The number of phenols is 1. The molecule has 12 heavy (non-hydrogen) atoms. The van der Waals surface area contributed by atoms with E-state index in [2.05, 4.69) is 9.24 Å². The van der Waals surface area contributed by atoms with Gasteiger partial charge in [0.1, 0.15) is 5.75 Å². The van der Waals surface area contributed by atoms with Crippen LogP contribution in [0.25, 0.3) is 0 Å². The average Bonchev–Trinajstić information content (AvgIpc) is 2.05. The summed E-state index contributed by atoms with van der Waals surface area (Å²) >= 11 is 0. The van der Waals surface area contributed by atoms with Crippen molar-refractivity contribution in [2.24, 2.45) is 0 Å². The van der Waals surface area contributed by atoms with Gasteiger partial charge in [0.05, 0.1) is 5.56 Å². The molecule has 1 N–H and O–H groups in total. The minimum absolute atomic E-state index is 0.0191. The predicted octanol–water partition coefficient (Wildman–Crippen LogP) is 1.96. The Bertz CT molecular complexity index is 318. The van der Waals surface area contributed by atoms with Gasteiger partial charge in [-0.15, -0.1) is 9.24 Å². The number of carbonyl (C=O) groups is 1. The molecular formula is C9H9O2P. The van der Waals surface area contributed by atoms with Gasteiger partial charge in [0.2, 0.25) is 0 Å². The van der Waals surface area contributed by atoms with Gasteiger partial charge in [-0.2, -0.15) is 0 Å². The lowest BCUT2D eigenvalue weighted by molar-refractivity contribution is 0.104. The summed E-state index contributed by atoms with van der Waals surface area (Å²) < 4.78 is 0. The first-order valence-corrected chi connectivity index (χ1v) is 4.13. The van der Waals surface area contributed by atoms with Crippen molar-refractivity contribution in [3.05, 3.63) is 41.7 Å². The Morgan fingerprint density at radius 2 is 2.08 bits per heavy atom. The summed E-state index contributed by atoms with van der Waals surface area (Å²) in [6.07, 6.45) is 1.39. The standard InChI is InChI=1S/C9H9O2P/c10-8-4-2-1-3-7(8)9(11)5-6-12/h1-6,10H,12H2/b6-5+. The van der Waals surface area contributed by atoms with Crippen LogP contribution in [0.3, 0.4) is 0 Å². The molecule has 0 fully saturated rings. The second-order valence-electron chi connectivity index (χ2n) is 2.24. The van der Waals surface area contributed by atoms with Crippen LogP contribution in [0, 0.1) is 0 Å². The second-order valence-corrected chi connectivity index (χ2v) is 2.63. The molecule has 1 unspecified atom stereocenters. The lowest BCUT2D eigenvalue weighted by atomic mass is 10.1. The zero-order chi connectivity index (χ0) is 8.97. The molecular weight excluding hydrogens is 171 g/mol. The zero-order valence-corrected chi connectivity index (χ0v) is 7.55. The van der Waals surface area contributed by atoms with Crippen LogP contribution in [0.15, 0.2) is 36.2 Å². The molecule has 0 bridgehead atoms.